The Morgan fingerprint density at radius 1 is 1.48 bits per heavy atom. The number of esters is 1. The molecule has 2 aromatic rings. The molecule has 1 aliphatic heterocycles. The fourth-order valence-electron chi connectivity index (χ4n) is 2.81. The molecule has 0 aliphatic carbocycles. The van der Waals surface area contributed by atoms with E-state index in [-0.39, 0.29) is 30.0 Å². The SMILES string of the molecule is Cc1cnn(-c2ccc([C@H](C)N[C@@H]3C[C@H](C)OC3=O)cc2F)c1. The average Bonchev–Trinajstić information content (AvgIpc) is 3.04. The fourth-order valence-corrected chi connectivity index (χ4v) is 2.81. The van der Waals surface area contributed by atoms with Crippen LogP contribution in [0.1, 0.15) is 37.4 Å². The third-order valence-electron chi connectivity index (χ3n) is 4.05. The number of hydrogen-bond donors (Lipinski definition) is 1. The zero-order valence-electron chi connectivity index (χ0n) is 13.4. The number of ether oxygens (including phenoxy) is 1. The van der Waals surface area contributed by atoms with Crippen molar-refractivity contribution in [3.63, 3.8) is 0 Å². The molecule has 23 heavy (non-hydrogen) atoms. The van der Waals surface area contributed by atoms with Crippen LogP contribution in [0.5, 0.6) is 0 Å². The molecule has 2 heterocycles. The minimum Gasteiger partial charge on any atom is -0.461 e. The first-order valence-electron chi connectivity index (χ1n) is 7.71. The summed E-state index contributed by atoms with van der Waals surface area (Å²) in [7, 11) is 0. The Morgan fingerprint density at radius 3 is 2.83 bits per heavy atom. The van der Waals surface area contributed by atoms with Gasteiger partial charge in [-0.25, -0.2) is 9.07 Å². The summed E-state index contributed by atoms with van der Waals surface area (Å²) in [6.45, 7) is 5.68. The van der Waals surface area contributed by atoms with E-state index in [1.807, 2.05) is 26.8 Å². The van der Waals surface area contributed by atoms with Crippen molar-refractivity contribution in [3.05, 3.63) is 47.5 Å². The lowest BCUT2D eigenvalue weighted by Gasteiger charge is -2.18. The predicted octanol–water partition coefficient (Wildman–Crippen LogP) is 2.67. The van der Waals surface area contributed by atoms with Gasteiger partial charge < -0.3 is 4.74 Å². The summed E-state index contributed by atoms with van der Waals surface area (Å²) in [5.41, 5.74) is 2.16. The van der Waals surface area contributed by atoms with Gasteiger partial charge in [0.05, 0.1) is 6.20 Å². The largest absolute Gasteiger partial charge is 0.461 e. The normalized spacial score (nSPS) is 22.2. The number of nitrogens with one attached hydrogen (secondary N) is 1. The zero-order valence-corrected chi connectivity index (χ0v) is 13.4. The van der Waals surface area contributed by atoms with E-state index in [0.29, 0.717) is 12.1 Å². The molecule has 1 aliphatic rings. The molecule has 0 bridgehead atoms. The van der Waals surface area contributed by atoms with Crippen molar-refractivity contribution in [1.82, 2.24) is 15.1 Å². The van der Waals surface area contributed by atoms with E-state index in [0.717, 1.165) is 11.1 Å². The van der Waals surface area contributed by atoms with Crippen molar-refractivity contribution < 1.29 is 13.9 Å². The van der Waals surface area contributed by atoms with Gasteiger partial charge in [0.15, 0.2) is 0 Å². The molecule has 0 radical (unpaired) electrons. The Kier molecular flexibility index (Phi) is 4.17. The lowest BCUT2D eigenvalue weighted by molar-refractivity contribution is -0.142. The number of carbonyl (C=O) groups excluding carboxylic acids is 1. The van der Waals surface area contributed by atoms with E-state index in [1.54, 1.807) is 18.5 Å². The maximum absolute atomic E-state index is 14.4. The maximum atomic E-state index is 14.4. The molecule has 5 nitrogen and oxygen atoms in total. The predicted molar refractivity (Wildman–Crippen MR) is 83.8 cm³/mol. The lowest BCUT2D eigenvalue weighted by atomic mass is 10.1. The highest BCUT2D eigenvalue weighted by Crippen LogP contribution is 2.22. The molecule has 122 valence electrons. The number of nitrogens with zero attached hydrogens (tertiary/aromatic N) is 2. The molecule has 1 N–H and O–H groups in total. The topological polar surface area (TPSA) is 56.1 Å². The van der Waals surface area contributed by atoms with Crippen molar-refractivity contribution >= 4 is 5.97 Å². The van der Waals surface area contributed by atoms with Crippen molar-refractivity contribution in [1.29, 1.82) is 0 Å². The Bertz CT molecular complexity index is 728. The van der Waals surface area contributed by atoms with Crippen LogP contribution in [0.4, 0.5) is 4.39 Å². The van der Waals surface area contributed by atoms with E-state index in [9.17, 15) is 9.18 Å². The van der Waals surface area contributed by atoms with Crippen molar-refractivity contribution in [2.24, 2.45) is 0 Å². The molecule has 6 heteroatoms. The maximum Gasteiger partial charge on any atom is 0.323 e. The number of benzene rings is 1. The summed E-state index contributed by atoms with van der Waals surface area (Å²) >= 11 is 0. The van der Waals surface area contributed by atoms with Crippen molar-refractivity contribution in [3.8, 4) is 5.69 Å². The number of rotatable bonds is 4. The summed E-state index contributed by atoms with van der Waals surface area (Å²) < 4.78 is 21.0. The van der Waals surface area contributed by atoms with Crippen LogP contribution in [0, 0.1) is 12.7 Å². The van der Waals surface area contributed by atoms with Gasteiger partial charge in [0.1, 0.15) is 23.7 Å². The first-order chi connectivity index (χ1) is 10.9. The third kappa shape index (κ3) is 3.27. The van der Waals surface area contributed by atoms with E-state index < -0.39 is 0 Å². The second kappa shape index (κ2) is 6.12. The Balaban J connectivity index is 1.76. The van der Waals surface area contributed by atoms with Gasteiger partial charge in [-0.3, -0.25) is 10.1 Å². The summed E-state index contributed by atoms with van der Waals surface area (Å²) in [6, 6.07) is 4.53. The van der Waals surface area contributed by atoms with E-state index in [4.69, 9.17) is 4.74 Å². The molecule has 1 saturated heterocycles. The molecular formula is C17H20FN3O2. The van der Waals surface area contributed by atoms with Crippen LogP contribution in [0.2, 0.25) is 0 Å². The van der Waals surface area contributed by atoms with Crippen LogP contribution in [-0.2, 0) is 9.53 Å². The van der Waals surface area contributed by atoms with Crippen LogP contribution in [0.25, 0.3) is 5.69 Å². The van der Waals surface area contributed by atoms with Gasteiger partial charge in [0, 0.05) is 18.7 Å². The highest BCUT2D eigenvalue weighted by molar-refractivity contribution is 5.78. The highest BCUT2D eigenvalue weighted by atomic mass is 19.1. The zero-order chi connectivity index (χ0) is 16.6. The monoisotopic (exact) mass is 317 g/mol. The second-order valence-electron chi connectivity index (χ2n) is 6.10. The lowest BCUT2D eigenvalue weighted by Crippen LogP contribution is -2.35. The van der Waals surface area contributed by atoms with Crippen molar-refractivity contribution in [2.45, 2.75) is 45.4 Å². The number of aromatic nitrogens is 2. The van der Waals surface area contributed by atoms with Crippen LogP contribution in [0.3, 0.4) is 0 Å². The molecular weight excluding hydrogens is 297 g/mol. The van der Waals surface area contributed by atoms with E-state index in [1.165, 1.54) is 10.7 Å². The molecule has 1 fully saturated rings. The molecule has 0 spiro atoms. The first-order valence-corrected chi connectivity index (χ1v) is 7.71. The fraction of sp³-hybridized carbons (Fsp3) is 0.412. The molecule has 1 aromatic carbocycles. The minimum atomic E-state index is -0.346. The number of carbonyl (C=O) groups is 1. The summed E-state index contributed by atoms with van der Waals surface area (Å²) in [5, 5.41) is 7.32. The molecule has 3 rings (SSSR count). The van der Waals surface area contributed by atoms with Crippen LogP contribution in [0.15, 0.2) is 30.6 Å². The average molecular weight is 317 g/mol. The molecule has 0 amide bonds. The number of halogens is 1. The first kappa shape index (κ1) is 15.7. The standard InChI is InChI=1S/C17H20FN3O2/c1-10-8-19-21(9-10)16-5-4-13(7-14(16)18)12(3)20-15-6-11(2)23-17(15)22/h4-5,7-9,11-12,15,20H,6H2,1-3H3/t11-,12-,15+/m0/s1. The summed E-state index contributed by atoms with van der Waals surface area (Å²) in [5.74, 6) is -0.588. The van der Waals surface area contributed by atoms with Gasteiger partial charge in [-0.15, -0.1) is 0 Å². The van der Waals surface area contributed by atoms with Gasteiger partial charge in [-0.2, -0.15) is 5.10 Å². The molecule has 3 atom stereocenters. The highest BCUT2D eigenvalue weighted by Gasteiger charge is 2.32. The van der Waals surface area contributed by atoms with E-state index in [2.05, 4.69) is 10.4 Å². The van der Waals surface area contributed by atoms with Crippen LogP contribution in [-0.4, -0.2) is 27.9 Å². The smallest absolute Gasteiger partial charge is 0.323 e. The van der Waals surface area contributed by atoms with E-state index >= 15 is 0 Å². The quantitative estimate of drug-likeness (QED) is 0.881. The Labute approximate surface area is 134 Å². The molecule has 0 saturated carbocycles. The molecule has 0 unspecified atom stereocenters. The number of aryl methyl sites for hydroxylation is 1. The summed E-state index contributed by atoms with van der Waals surface area (Å²) in [6.07, 6.45) is 4.02. The van der Waals surface area contributed by atoms with Gasteiger partial charge in [-0.05, 0) is 44.0 Å². The third-order valence-corrected chi connectivity index (χ3v) is 4.05. The summed E-state index contributed by atoms with van der Waals surface area (Å²) in [4.78, 5) is 11.7. The number of hydrogen-bond acceptors (Lipinski definition) is 4. The minimum absolute atomic E-state index is 0.0747. The van der Waals surface area contributed by atoms with Crippen LogP contribution < -0.4 is 5.32 Å². The van der Waals surface area contributed by atoms with Crippen molar-refractivity contribution in [2.75, 3.05) is 0 Å². The van der Waals surface area contributed by atoms with Gasteiger partial charge in [0.25, 0.3) is 0 Å². The second-order valence-corrected chi connectivity index (χ2v) is 6.10. The van der Waals surface area contributed by atoms with Gasteiger partial charge in [0.2, 0.25) is 0 Å². The van der Waals surface area contributed by atoms with Gasteiger partial charge in [-0.1, -0.05) is 6.07 Å². The Morgan fingerprint density at radius 2 is 2.26 bits per heavy atom. The molecule has 1 aromatic heterocycles. The Hall–Kier alpha value is -2.21. The van der Waals surface area contributed by atoms with Crippen LogP contribution >= 0.6 is 0 Å². The number of cyclic esters (lactones) is 1. The van der Waals surface area contributed by atoms with Gasteiger partial charge >= 0.3 is 5.97 Å².